The molecule has 47 heavy (non-hydrogen) atoms. The molecule has 0 spiro atoms. The van der Waals surface area contributed by atoms with Crippen LogP contribution in [-0.2, 0) is 18.9 Å². The Morgan fingerprint density at radius 1 is 0.702 bits per heavy atom. The summed E-state index contributed by atoms with van der Waals surface area (Å²) in [5.74, 6) is 1.47. The van der Waals surface area contributed by atoms with Gasteiger partial charge in [-0.15, -0.1) is 0 Å². The minimum atomic E-state index is -0.821. The van der Waals surface area contributed by atoms with E-state index in [-0.39, 0.29) is 17.4 Å². The first-order valence-corrected chi connectivity index (χ1v) is 15.5. The van der Waals surface area contributed by atoms with Gasteiger partial charge < -0.3 is 23.7 Å². The summed E-state index contributed by atoms with van der Waals surface area (Å²) in [4.78, 5) is 24.6. The molecule has 7 heteroatoms. The molecule has 1 aliphatic rings. The molecule has 0 fully saturated rings. The Labute approximate surface area is 278 Å². The van der Waals surface area contributed by atoms with E-state index in [0.29, 0.717) is 11.5 Å². The molecule has 0 bridgehead atoms. The van der Waals surface area contributed by atoms with E-state index in [1.165, 1.54) is 0 Å². The zero-order chi connectivity index (χ0) is 34.7. The first kappa shape index (κ1) is 34.8. The average Bonchev–Trinajstić information content (AvgIpc) is 2.93. The summed E-state index contributed by atoms with van der Waals surface area (Å²) in [5.41, 5.74) is 6.51. The second kappa shape index (κ2) is 13.8. The standard InChI is InChI=1S/C40H44O7/c1-24-13-12-14-29(23-24)34-35-30(19-17-27(4)43-37(41)46-39(6,7)8)25(2)15-21-32(35)45-33-22-16-26(3)31(36(33)34)20-18-28(5)44-38(42)47-40(9,10)11/h12-23,34H,4-5H2,1-3,6-11H3/b19-17-,20-18-. The van der Waals surface area contributed by atoms with Crippen LogP contribution < -0.4 is 4.74 Å². The lowest BCUT2D eigenvalue weighted by Gasteiger charge is -2.33. The lowest BCUT2D eigenvalue weighted by molar-refractivity contribution is 0.00675. The van der Waals surface area contributed by atoms with Crippen molar-refractivity contribution in [2.75, 3.05) is 0 Å². The molecule has 4 rings (SSSR count). The van der Waals surface area contributed by atoms with E-state index in [9.17, 15) is 9.59 Å². The number of carbonyl (C=O) groups is 2. The minimum Gasteiger partial charge on any atom is -0.457 e. The Bertz CT molecular complexity index is 1670. The topological polar surface area (TPSA) is 80.3 Å². The zero-order valence-corrected chi connectivity index (χ0v) is 28.8. The summed E-state index contributed by atoms with van der Waals surface area (Å²) in [6, 6.07) is 16.3. The highest BCUT2D eigenvalue weighted by Crippen LogP contribution is 2.51. The summed E-state index contributed by atoms with van der Waals surface area (Å²) < 4.78 is 27.8. The number of allylic oxidation sites excluding steroid dienone is 2. The van der Waals surface area contributed by atoms with Crippen molar-refractivity contribution >= 4 is 24.5 Å². The van der Waals surface area contributed by atoms with Gasteiger partial charge in [-0.3, -0.25) is 0 Å². The summed E-state index contributed by atoms with van der Waals surface area (Å²) >= 11 is 0. The van der Waals surface area contributed by atoms with Gasteiger partial charge >= 0.3 is 12.3 Å². The molecule has 0 saturated heterocycles. The van der Waals surface area contributed by atoms with E-state index in [1.807, 2.05) is 56.3 Å². The van der Waals surface area contributed by atoms with Gasteiger partial charge in [-0.2, -0.15) is 0 Å². The van der Waals surface area contributed by atoms with E-state index in [1.54, 1.807) is 53.7 Å². The van der Waals surface area contributed by atoms with Crippen LogP contribution in [0, 0.1) is 20.8 Å². The predicted molar refractivity (Wildman–Crippen MR) is 186 cm³/mol. The predicted octanol–water partition coefficient (Wildman–Crippen LogP) is 10.9. The molecule has 1 aliphatic heterocycles. The Kier molecular flexibility index (Phi) is 10.2. The van der Waals surface area contributed by atoms with E-state index < -0.39 is 23.5 Å². The molecule has 0 amide bonds. The highest BCUT2D eigenvalue weighted by atomic mass is 16.7. The zero-order valence-electron chi connectivity index (χ0n) is 28.8. The summed E-state index contributed by atoms with van der Waals surface area (Å²) in [6.45, 7) is 24.5. The van der Waals surface area contributed by atoms with Crippen LogP contribution in [0.5, 0.6) is 11.5 Å². The molecule has 0 N–H and O–H groups in total. The minimum absolute atomic E-state index is 0.142. The number of ether oxygens (including phenoxy) is 5. The number of benzene rings is 3. The van der Waals surface area contributed by atoms with Crippen LogP contribution in [-0.4, -0.2) is 23.5 Å². The molecular weight excluding hydrogens is 592 g/mol. The summed E-state index contributed by atoms with van der Waals surface area (Å²) in [7, 11) is 0. The van der Waals surface area contributed by atoms with Crippen LogP contribution in [0.3, 0.4) is 0 Å². The maximum absolute atomic E-state index is 12.3. The third-order valence-electron chi connectivity index (χ3n) is 7.18. The van der Waals surface area contributed by atoms with Gasteiger partial charge in [-0.1, -0.05) is 67.3 Å². The number of fused-ring (bicyclic) bond motifs is 2. The average molecular weight is 637 g/mol. The molecule has 0 aromatic heterocycles. The Morgan fingerprint density at radius 3 is 1.55 bits per heavy atom. The molecule has 1 heterocycles. The Morgan fingerprint density at radius 2 is 1.15 bits per heavy atom. The monoisotopic (exact) mass is 636 g/mol. The maximum atomic E-state index is 12.3. The fourth-order valence-electron chi connectivity index (χ4n) is 5.29. The Hall–Kier alpha value is -5.04. The quantitative estimate of drug-likeness (QED) is 0.113. The first-order valence-electron chi connectivity index (χ1n) is 15.5. The normalized spacial score (nSPS) is 13.0. The highest BCUT2D eigenvalue weighted by molar-refractivity contribution is 5.75. The van der Waals surface area contributed by atoms with Crippen molar-refractivity contribution in [3.8, 4) is 11.5 Å². The third-order valence-corrected chi connectivity index (χ3v) is 7.18. The van der Waals surface area contributed by atoms with Crippen LogP contribution in [0.4, 0.5) is 9.59 Å². The molecule has 0 aliphatic carbocycles. The number of hydrogen-bond donors (Lipinski definition) is 0. The molecule has 7 nitrogen and oxygen atoms in total. The fourth-order valence-corrected chi connectivity index (χ4v) is 5.29. The number of carbonyl (C=O) groups excluding carboxylic acids is 2. The van der Waals surface area contributed by atoms with Crippen LogP contribution >= 0.6 is 0 Å². The summed E-state index contributed by atoms with van der Waals surface area (Å²) in [6.07, 6.45) is 5.45. The molecule has 3 aromatic carbocycles. The van der Waals surface area contributed by atoms with Crippen molar-refractivity contribution in [1.29, 1.82) is 0 Å². The van der Waals surface area contributed by atoms with E-state index in [0.717, 1.165) is 44.5 Å². The number of aryl methyl sites for hydroxylation is 3. The van der Waals surface area contributed by atoms with Crippen LogP contribution in [0.1, 0.15) is 92.0 Å². The summed E-state index contributed by atoms with van der Waals surface area (Å²) in [5, 5.41) is 0. The lowest BCUT2D eigenvalue weighted by atomic mass is 9.76. The Balaban J connectivity index is 1.81. The second-order valence-corrected chi connectivity index (χ2v) is 13.6. The molecule has 246 valence electrons. The van der Waals surface area contributed by atoms with Crippen molar-refractivity contribution in [3.63, 3.8) is 0 Å². The maximum Gasteiger partial charge on any atom is 0.514 e. The van der Waals surface area contributed by atoms with Crippen molar-refractivity contribution in [3.05, 3.63) is 130 Å². The van der Waals surface area contributed by atoms with Gasteiger partial charge in [0.05, 0.1) is 0 Å². The molecular formula is C40H44O7. The van der Waals surface area contributed by atoms with Crippen molar-refractivity contribution in [2.45, 2.75) is 79.4 Å². The smallest absolute Gasteiger partial charge is 0.457 e. The van der Waals surface area contributed by atoms with E-state index >= 15 is 0 Å². The van der Waals surface area contributed by atoms with Gasteiger partial charge in [0.25, 0.3) is 0 Å². The van der Waals surface area contributed by atoms with Crippen LogP contribution in [0.2, 0.25) is 0 Å². The van der Waals surface area contributed by atoms with Crippen LogP contribution in [0.25, 0.3) is 12.2 Å². The SMILES string of the molecule is C=C(/C=C\c1c(C)ccc2c1C(c1cccc(C)c1)c1c(ccc(C)c1/C=C\C(=C)OC(=O)OC(C)(C)C)O2)OC(=O)OC(C)(C)C. The van der Waals surface area contributed by atoms with Gasteiger partial charge in [0.2, 0.25) is 0 Å². The van der Waals surface area contributed by atoms with E-state index in [4.69, 9.17) is 23.7 Å². The number of hydrogen-bond acceptors (Lipinski definition) is 7. The van der Waals surface area contributed by atoms with Gasteiger partial charge in [-0.05, 0) is 114 Å². The van der Waals surface area contributed by atoms with Gasteiger partial charge in [0.15, 0.2) is 0 Å². The molecule has 0 saturated carbocycles. The third kappa shape index (κ3) is 9.03. The highest BCUT2D eigenvalue weighted by Gasteiger charge is 2.33. The van der Waals surface area contributed by atoms with Gasteiger partial charge in [0.1, 0.15) is 34.2 Å². The molecule has 0 atom stereocenters. The molecule has 3 aromatic rings. The van der Waals surface area contributed by atoms with E-state index in [2.05, 4.69) is 38.3 Å². The molecule has 0 unspecified atom stereocenters. The van der Waals surface area contributed by atoms with Crippen molar-refractivity contribution in [2.24, 2.45) is 0 Å². The first-order chi connectivity index (χ1) is 21.9. The largest absolute Gasteiger partial charge is 0.514 e. The fraction of sp³-hybridized carbons (Fsp3) is 0.300. The number of rotatable bonds is 7. The second-order valence-electron chi connectivity index (χ2n) is 13.6. The van der Waals surface area contributed by atoms with Crippen molar-refractivity contribution < 1.29 is 33.3 Å². The molecule has 0 radical (unpaired) electrons. The van der Waals surface area contributed by atoms with Crippen LogP contribution in [0.15, 0.2) is 85.4 Å². The van der Waals surface area contributed by atoms with Gasteiger partial charge in [0, 0.05) is 17.0 Å². The lowest BCUT2D eigenvalue weighted by Crippen LogP contribution is -2.24. The van der Waals surface area contributed by atoms with Crippen molar-refractivity contribution in [1.82, 2.24) is 0 Å². The van der Waals surface area contributed by atoms with Gasteiger partial charge in [-0.25, -0.2) is 9.59 Å².